The highest BCUT2D eigenvalue weighted by Crippen LogP contribution is 2.42. The number of aromatic amines is 1. The molecular formula is C38H42FN9O3. The molecule has 5 aromatic rings. The Labute approximate surface area is 295 Å². The van der Waals surface area contributed by atoms with Crippen LogP contribution in [0, 0.1) is 5.82 Å². The maximum absolute atomic E-state index is 17.2. The Bertz CT molecular complexity index is 2110. The molecule has 4 fully saturated rings. The molecule has 9 rings (SSSR count). The predicted octanol–water partition coefficient (Wildman–Crippen LogP) is 6.36. The van der Waals surface area contributed by atoms with Crippen LogP contribution in [0.15, 0.2) is 48.8 Å². The number of amides is 1. The third-order valence-corrected chi connectivity index (χ3v) is 11.2. The molecule has 7 heterocycles. The van der Waals surface area contributed by atoms with Crippen molar-refractivity contribution in [1.82, 2.24) is 40.2 Å². The monoisotopic (exact) mass is 691 g/mol. The first-order valence-electron chi connectivity index (χ1n) is 18.1. The van der Waals surface area contributed by atoms with Gasteiger partial charge in [0.05, 0.1) is 29.2 Å². The second kappa shape index (κ2) is 12.1. The lowest BCUT2D eigenvalue weighted by atomic mass is 9.95. The molecule has 0 saturated carbocycles. The molecule has 1 amide bonds. The number of rotatable bonds is 6. The quantitative estimate of drug-likeness (QED) is 0.215. The average Bonchev–Trinajstić information content (AvgIpc) is 3.91. The number of anilines is 1. The molecule has 2 unspecified atom stereocenters. The maximum atomic E-state index is 17.2. The van der Waals surface area contributed by atoms with E-state index in [0.29, 0.717) is 42.2 Å². The van der Waals surface area contributed by atoms with Crippen LogP contribution >= 0.6 is 0 Å². The van der Waals surface area contributed by atoms with Gasteiger partial charge in [0.15, 0.2) is 5.82 Å². The maximum Gasteiger partial charge on any atom is 0.410 e. The molecular weight excluding hydrogens is 649 g/mol. The zero-order valence-corrected chi connectivity index (χ0v) is 29.2. The van der Waals surface area contributed by atoms with Crippen LogP contribution in [0.4, 0.5) is 15.0 Å². The van der Waals surface area contributed by atoms with Gasteiger partial charge in [-0.25, -0.2) is 9.18 Å². The number of halogens is 1. The van der Waals surface area contributed by atoms with E-state index in [4.69, 9.17) is 24.4 Å². The van der Waals surface area contributed by atoms with E-state index in [1.165, 1.54) is 0 Å². The molecule has 2 atom stereocenters. The first-order chi connectivity index (χ1) is 24.7. The minimum Gasteiger partial charge on any atom is -0.461 e. The van der Waals surface area contributed by atoms with Gasteiger partial charge < -0.3 is 14.4 Å². The van der Waals surface area contributed by atoms with E-state index >= 15 is 4.39 Å². The number of aromatic nitrogens is 6. The van der Waals surface area contributed by atoms with Crippen LogP contribution in [-0.4, -0.2) is 102 Å². The number of nitrogens with zero attached hydrogens (tertiary/aromatic N) is 8. The minimum atomic E-state index is -0.586. The van der Waals surface area contributed by atoms with Crippen LogP contribution in [0.1, 0.15) is 59.3 Å². The van der Waals surface area contributed by atoms with E-state index in [2.05, 4.69) is 25.2 Å². The van der Waals surface area contributed by atoms with E-state index < -0.39 is 11.4 Å². The van der Waals surface area contributed by atoms with Gasteiger partial charge in [0.2, 0.25) is 0 Å². The molecule has 4 aliphatic rings. The standard InChI is InChI=1S/C38H42FN9O3/c1-37(2,3)51-36(49)48-24-12-13-25(48)21-46(20-24)34-28-18-40-32(27-11-5-9-23-8-4-10-26(30(23)27)29-19-41-45-44-29)31(39)33(28)42-35(43-34)50-22-38-14-6-16-47(38)17-7-15-38/h4-5,8-11,18-19,24-25H,6-7,12-17,20-22H2,1-3H3,(H,41,44,45). The number of fused-ring (bicyclic) bond motifs is 5. The molecule has 0 radical (unpaired) electrons. The Kier molecular flexibility index (Phi) is 7.60. The highest BCUT2D eigenvalue weighted by Gasteiger charge is 2.46. The van der Waals surface area contributed by atoms with Crippen molar-refractivity contribution >= 4 is 33.6 Å². The summed E-state index contributed by atoms with van der Waals surface area (Å²) >= 11 is 0. The van der Waals surface area contributed by atoms with Gasteiger partial charge in [0.25, 0.3) is 0 Å². The SMILES string of the molecule is CC(C)(C)OC(=O)N1C2CCC1CN(c1nc(OCC34CCCN3CCC4)nc3c(F)c(-c4cccc5cccc(-c6cn[nH]n6)c45)ncc13)C2. The lowest BCUT2D eigenvalue weighted by molar-refractivity contribution is 0.0122. The molecule has 1 N–H and O–H groups in total. The number of pyridine rings is 1. The number of carbonyl (C=O) groups excluding carboxylic acids is 1. The number of ether oxygens (including phenoxy) is 2. The fourth-order valence-electron chi connectivity index (χ4n) is 8.95. The summed E-state index contributed by atoms with van der Waals surface area (Å²) in [6.07, 6.45) is 9.19. The molecule has 264 valence electrons. The number of H-pyrrole nitrogens is 1. The lowest BCUT2D eigenvalue weighted by Gasteiger charge is -2.42. The van der Waals surface area contributed by atoms with Crippen molar-refractivity contribution in [3.05, 3.63) is 54.6 Å². The zero-order valence-electron chi connectivity index (χ0n) is 29.2. The number of nitrogens with one attached hydrogen (secondary N) is 1. The van der Waals surface area contributed by atoms with Gasteiger partial charge in [-0.1, -0.05) is 36.4 Å². The van der Waals surface area contributed by atoms with Gasteiger partial charge >= 0.3 is 12.1 Å². The van der Waals surface area contributed by atoms with E-state index in [0.717, 1.165) is 68.0 Å². The minimum absolute atomic E-state index is 0.0287. The molecule has 51 heavy (non-hydrogen) atoms. The van der Waals surface area contributed by atoms with Crippen molar-refractivity contribution in [2.45, 2.75) is 82.5 Å². The molecule has 12 nitrogen and oxygen atoms in total. The highest BCUT2D eigenvalue weighted by atomic mass is 19.1. The Hall–Kier alpha value is -4.91. The largest absolute Gasteiger partial charge is 0.461 e. The number of carbonyl (C=O) groups is 1. The van der Waals surface area contributed by atoms with Crippen molar-refractivity contribution < 1.29 is 18.7 Å². The van der Waals surface area contributed by atoms with E-state index in [1.54, 1.807) is 12.4 Å². The summed E-state index contributed by atoms with van der Waals surface area (Å²) in [6.45, 7) is 9.33. The summed E-state index contributed by atoms with van der Waals surface area (Å²) in [6, 6.07) is 11.7. The fourth-order valence-corrected chi connectivity index (χ4v) is 8.95. The van der Waals surface area contributed by atoms with Gasteiger partial charge in [-0.15, -0.1) is 0 Å². The van der Waals surface area contributed by atoms with Crippen LogP contribution in [0.25, 0.3) is 44.2 Å². The summed E-state index contributed by atoms with van der Waals surface area (Å²) in [7, 11) is 0. The average molecular weight is 692 g/mol. The molecule has 4 saturated heterocycles. The molecule has 4 aliphatic heterocycles. The lowest BCUT2D eigenvalue weighted by Crippen LogP contribution is -2.57. The third-order valence-electron chi connectivity index (χ3n) is 11.2. The van der Waals surface area contributed by atoms with Gasteiger partial charge in [-0.05, 0) is 77.8 Å². The molecule has 0 spiro atoms. The summed E-state index contributed by atoms with van der Waals surface area (Å²) in [4.78, 5) is 34.3. The Morgan fingerprint density at radius 3 is 2.41 bits per heavy atom. The number of benzene rings is 2. The predicted molar refractivity (Wildman–Crippen MR) is 191 cm³/mol. The smallest absolute Gasteiger partial charge is 0.410 e. The van der Waals surface area contributed by atoms with Gasteiger partial charge in [-0.3, -0.25) is 14.8 Å². The second-order valence-electron chi connectivity index (χ2n) is 15.5. The normalized spacial score (nSPS) is 21.5. The van der Waals surface area contributed by atoms with Crippen LogP contribution in [0.2, 0.25) is 0 Å². The highest BCUT2D eigenvalue weighted by molar-refractivity contribution is 6.06. The van der Waals surface area contributed by atoms with Crippen molar-refractivity contribution in [2.24, 2.45) is 0 Å². The third kappa shape index (κ3) is 5.53. The number of hydrogen-bond acceptors (Lipinski definition) is 10. The Balaban J connectivity index is 1.14. The first-order valence-corrected chi connectivity index (χ1v) is 18.1. The van der Waals surface area contributed by atoms with Gasteiger partial charge in [-0.2, -0.15) is 25.4 Å². The van der Waals surface area contributed by atoms with E-state index in [1.807, 2.05) is 62.1 Å². The van der Waals surface area contributed by atoms with Crippen molar-refractivity contribution in [2.75, 3.05) is 37.7 Å². The molecule has 2 bridgehead atoms. The van der Waals surface area contributed by atoms with Crippen molar-refractivity contribution in [3.63, 3.8) is 0 Å². The van der Waals surface area contributed by atoms with Crippen LogP contribution < -0.4 is 9.64 Å². The summed E-state index contributed by atoms with van der Waals surface area (Å²) in [5.74, 6) is 0.0300. The summed E-state index contributed by atoms with van der Waals surface area (Å²) in [5, 5.41) is 13.3. The van der Waals surface area contributed by atoms with Gasteiger partial charge in [0, 0.05) is 35.8 Å². The van der Waals surface area contributed by atoms with Crippen LogP contribution in [0.3, 0.4) is 0 Å². The topological polar surface area (TPSA) is 125 Å². The van der Waals surface area contributed by atoms with E-state index in [9.17, 15) is 4.79 Å². The van der Waals surface area contributed by atoms with Crippen LogP contribution in [0.5, 0.6) is 6.01 Å². The molecule has 13 heteroatoms. The van der Waals surface area contributed by atoms with Crippen molar-refractivity contribution in [3.8, 4) is 28.5 Å². The molecule has 2 aromatic carbocycles. The Morgan fingerprint density at radius 1 is 1.00 bits per heavy atom. The second-order valence-corrected chi connectivity index (χ2v) is 15.5. The number of hydrogen-bond donors (Lipinski definition) is 1. The Morgan fingerprint density at radius 2 is 1.73 bits per heavy atom. The first kappa shape index (κ1) is 32.0. The van der Waals surface area contributed by atoms with E-state index in [-0.39, 0.29) is 40.9 Å². The zero-order chi connectivity index (χ0) is 34.9. The number of piperazine rings is 1. The molecule has 3 aromatic heterocycles. The summed E-state index contributed by atoms with van der Waals surface area (Å²) in [5.41, 5.74) is 1.83. The fraction of sp³-hybridized carbons (Fsp3) is 0.474. The van der Waals surface area contributed by atoms with Crippen LogP contribution in [-0.2, 0) is 4.74 Å². The molecule has 0 aliphatic carbocycles. The van der Waals surface area contributed by atoms with Gasteiger partial charge in [0.1, 0.15) is 34.9 Å². The summed E-state index contributed by atoms with van der Waals surface area (Å²) < 4.78 is 29.5. The van der Waals surface area contributed by atoms with Crippen molar-refractivity contribution in [1.29, 1.82) is 0 Å².